The van der Waals surface area contributed by atoms with Gasteiger partial charge in [-0.2, -0.15) is 0 Å². The smallest absolute Gasteiger partial charge is 0.408 e. The second-order valence-electron chi connectivity index (χ2n) is 2.81. The first kappa shape index (κ1) is 12.1. The number of aryl methyl sites for hydroxylation is 1. The molecule has 1 heterocycles. The molecule has 0 fully saturated rings. The molecule has 0 aliphatic rings. The van der Waals surface area contributed by atoms with E-state index in [9.17, 15) is 0 Å². The van der Waals surface area contributed by atoms with Crippen molar-refractivity contribution in [3.63, 3.8) is 0 Å². The Balaban J connectivity index is 0.000000980. The molecule has 1 nitrogen and oxygen atoms in total. The Labute approximate surface area is 115 Å². The van der Waals surface area contributed by atoms with Crippen molar-refractivity contribution >= 4 is 24.0 Å². The van der Waals surface area contributed by atoms with Crippen LogP contribution in [0.1, 0.15) is 5.56 Å². The fraction of sp³-hybridized carbons (Fsp3) is 0.100. The summed E-state index contributed by atoms with van der Waals surface area (Å²) in [5.74, 6) is 0. The van der Waals surface area contributed by atoms with Crippen molar-refractivity contribution < 1.29 is 29.6 Å². The minimum absolute atomic E-state index is 0. The minimum atomic E-state index is 0. The zero-order chi connectivity index (χ0) is 9.26. The van der Waals surface area contributed by atoms with Gasteiger partial charge in [0.2, 0.25) is 0 Å². The molecule has 0 aliphatic carbocycles. The summed E-state index contributed by atoms with van der Waals surface area (Å²) < 4.78 is 0.707. The summed E-state index contributed by atoms with van der Waals surface area (Å²) >= 11 is 6.50. The Morgan fingerprint density at radius 3 is 2.57 bits per heavy atom. The standard InChI is InChI=1S/C10H9NS2.Na/c1-7-4-2-3-5-8(7)9-6-13-10(12)11-9;/h2-6H,1H3,(H,11,12);/q;+1/p-1. The van der Waals surface area contributed by atoms with Crippen molar-refractivity contribution in [3.8, 4) is 11.3 Å². The summed E-state index contributed by atoms with van der Waals surface area (Å²) in [6.45, 7) is 2.08. The van der Waals surface area contributed by atoms with Crippen LogP contribution in [-0.2, 0) is 12.6 Å². The van der Waals surface area contributed by atoms with Crippen LogP contribution < -0.4 is 29.6 Å². The molecular weight excluding hydrogens is 221 g/mol. The SMILES string of the molecule is Cc1ccccc1-c1csc([S-])n1.[Na+]. The van der Waals surface area contributed by atoms with Crippen LogP contribution in [0.25, 0.3) is 11.3 Å². The van der Waals surface area contributed by atoms with Crippen molar-refractivity contribution in [2.75, 3.05) is 0 Å². The van der Waals surface area contributed by atoms with E-state index in [-0.39, 0.29) is 29.6 Å². The molecule has 0 radical (unpaired) electrons. The molecule has 0 N–H and O–H groups in total. The van der Waals surface area contributed by atoms with Gasteiger partial charge < -0.3 is 24.0 Å². The van der Waals surface area contributed by atoms with Crippen molar-refractivity contribution in [1.82, 2.24) is 4.98 Å². The molecule has 2 rings (SSSR count). The molecule has 0 saturated carbocycles. The Bertz CT molecular complexity index is 426. The van der Waals surface area contributed by atoms with E-state index in [4.69, 9.17) is 12.6 Å². The van der Waals surface area contributed by atoms with Gasteiger partial charge in [0.1, 0.15) is 0 Å². The molecule has 1 aromatic heterocycles. The molecular formula is C10H8NNaS2. The second kappa shape index (κ2) is 5.24. The average Bonchev–Trinajstić information content (AvgIpc) is 2.53. The number of benzene rings is 1. The summed E-state index contributed by atoms with van der Waals surface area (Å²) in [6.07, 6.45) is 0. The molecule has 14 heavy (non-hydrogen) atoms. The third kappa shape index (κ3) is 2.55. The van der Waals surface area contributed by atoms with Gasteiger partial charge in [-0.3, -0.25) is 4.98 Å². The third-order valence-electron chi connectivity index (χ3n) is 1.90. The van der Waals surface area contributed by atoms with E-state index in [0.29, 0.717) is 4.34 Å². The number of rotatable bonds is 1. The van der Waals surface area contributed by atoms with Gasteiger partial charge in [-0.1, -0.05) is 29.6 Å². The van der Waals surface area contributed by atoms with Gasteiger partial charge in [0.05, 0.1) is 5.69 Å². The number of hydrogen-bond acceptors (Lipinski definition) is 3. The topological polar surface area (TPSA) is 12.9 Å². The monoisotopic (exact) mass is 229 g/mol. The van der Waals surface area contributed by atoms with E-state index < -0.39 is 0 Å². The molecule has 0 atom stereocenters. The average molecular weight is 229 g/mol. The Morgan fingerprint density at radius 2 is 2.00 bits per heavy atom. The fourth-order valence-electron chi connectivity index (χ4n) is 1.24. The fourth-order valence-corrected chi connectivity index (χ4v) is 2.03. The van der Waals surface area contributed by atoms with Gasteiger partial charge in [-0.15, -0.1) is 0 Å². The van der Waals surface area contributed by atoms with Crippen LogP contribution in [0.15, 0.2) is 34.0 Å². The second-order valence-corrected chi connectivity index (χ2v) is 4.32. The van der Waals surface area contributed by atoms with E-state index in [1.165, 1.54) is 22.5 Å². The summed E-state index contributed by atoms with van der Waals surface area (Å²) in [5.41, 5.74) is 3.41. The van der Waals surface area contributed by atoms with Crippen molar-refractivity contribution in [2.24, 2.45) is 0 Å². The van der Waals surface area contributed by atoms with Gasteiger partial charge in [0, 0.05) is 5.56 Å². The molecule has 0 amide bonds. The van der Waals surface area contributed by atoms with Crippen LogP contribution >= 0.6 is 11.3 Å². The molecule has 0 saturated heterocycles. The van der Waals surface area contributed by atoms with Crippen molar-refractivity contribution in [3.05, 3.63) is 35.2 Å². The first-order valence-electron chi connectivity index (χ1n) is 3.96. The molecule has 4 heteroatoms. The summed E-state index contributed by atoms with van der Waals surface area (Å²) in [7, 11) is 0. The van der Waals surface area contributed by atoms with Crippen molar-refractivity contribution in [2.45, 2.75) is 11.3 Å². The summed E-state index contributed by atoms with van der Waals surface area (Å²) in [4.78, 5) is 4.28. The van der Waals surface area contributed by atoms with Gasteiger partial charge >= 0.3 is 29.6 Å². The molecule has 0 aliphatic heterocycles. The van der Waals surface area contributed by atoms with E-state index in [2.05, 4.69) is 24.0 Å². The summed E-state index contributed by atoms with van der Waals surface area (Å²) in [6, 6.07) is 8.20. The number of nitrogens with zero attached hydrogens (tertiary/aromatic N) is 1. The van der Waals surface area contributed by atoms with Gasteiger partial charge in [-0.05, 0) is 16.8 Å². The molecule has 0 unspecified atom stereocenters. The molecule has 2 aromatic rings. The van der Waals surface area contributed by atoms with Crippen LogP contribution in [0, 0.1) is 6.92 Å². The van der Waals surface area contributed by atoms with Crippen LogP contribution in [0.4, 0.5) is 0 Å². The van der Waals surface area contributed by atoms with E-state index in [1.807, 2.05) is 17.5 Å². The third-order valence-corrected chi connectivity index (χ3v) is 2.92. The zero-order valence-corrected chi connectivity index (χ0v) is 11.8. The first-order chi connectivity index (χ1) is 6.27. The zero-order valence-electron chi connectivity index (χ0n) is 8.15. The van der Waals surface area contributed by atoms with Crippen LogP contribution in [0.3, 0.4) is 0 Å². The number of aromatic nitrogens is 1. The van der Waals surface area contributed by atoms with Gasteiger partial charge in [-0.25, -0.2) is 0 Å². The first-order valence-corrected chi connectivity index (χ1v) is 5.25. The molecule has 0 bridgehead atoms. The van der Waals surface area contributed by atoms with E-state index in [0.717, 1.165) is 5.69 Å². The Kier molecular flexibility index (Phi) is 4.54. The van der Waals surface area contributed by atoms with Gasteiger partial charge in [0.25, 0.3) is 0 Å². The Hall–Kier alpha value is 0.0700. The Morgan fingerprint density at radius 1 is 1.29 bits per heavy atom. The maximum absolute atomic E-state index is 4.98. The van der Waals surface area contributed by atoms with Crippen molar-refractivity contribution in [1.29, 1.82) is 0 Å². The van der Waals surface area contributed by atoms with Gasteiger partial charge in [0.15, 0.2) is 0 Å². The molecule has 1 aromatic carbocycles. The van der Waals surface area contributed by atoms with E-state index >= 15 is 0 Å². The predicted octanol–water partition coefficient (Wildman–Crippen LogP) is 0.0283. The molecule has 66 valence electrons. The maximum atomic E-state index is 4.98. The number of thiazole rings is 1. The maximum Gasteiger partial charge on any atom is 1.00 e. The van der Waals surface area contributed by atoms with Crippen LogP contribution in [0.5, 0.6) is 0 Å². The predicted molar refractivity (Wildman–Crippen MR) is 57.9 cm³/mol. The normalized spacial score (nSPS) is 9.50. The summed E-state index contributed by atoms with van der Waals surface area (Å²) in [5, 5.41) is 2.00. The largest absolute Gasteiger partial charge is 1.00 e. The quantitative estimate of drug-likeness (QED) is 0.505. The molecule has 0 spiro atoms. The number of hydrogen-bond donors (Lipinski definition) is 0. The van der Waals surface area contributed by atoms with Crippen LogP contribution in [-0.4, -0.2) is 4.98 Å². The van der Waals surface area contributed by atoms with Crippen LogP contribution in [0.2, 0.25) is 0 Å². The van der Waals surface area contributed by atoms with E-state index in [1.54, 1.807) is 0 Å². The minimum Gasteiger partial charge on any atom is -0.408 e.